The van der Waals surface area contributed by atoms with Crippen molar-refractivity contribution in [1.29, 1.82) is 0 Å². The van der Waals surface area contributed by atoms with Crippen LogP contribution in [-0.2, 0) is 29.2 Å². The van der Waals surface area contributed by atoms with Crippen molar-refractivity contribution in [3.8, 4) is 0 Å². The third kappa shape index (κ3) is 1.97. The molecule has 0 amide bonds. The Morgan fingerprint density at radius 1 is 1.50 bits per heavy atom. The van der Waals surface area contributed by atoms with E-state index >= 15 is 0 Å². The van der Waals surface area contributed by atoms with Gasteiger partial charge >= 0.3 is 0 Å². The van der Waals surface area contributed by atoms with E-state index in [1.165, 1.54) is 11.3 Å². The average Bonchev–Trinajstić information content (AvgIpc) is 2.89. The first-order valence-electron chi connectivity index (χ1n) is 6.61. The predicted molar refractivity (Wildman–Crippen MR) is 69.3 cm³/mol. The van der Waals surface area contributed by atoms with Gasteiger partial charge in [0.05, 0.1) is 23.2 Å². The zero-order valence-corrected chi connectivity index (χ0v) is 11.5. The molecule has 2 aliphatic heterocycles. The van der Waals surface area contributed by atoms with Gasteiger partial charge in [-0.1, -0.05) is 6.92 Å². The third-order valence-corrected chi connectivity index (χ3v) is 5.68. The van der Waals surface area contributed by atoms with Crippen molar-refractivity contribution in [2.24, 2.45) is 0 Å². The first-order chi connectivity index (χ1) is 8.61. The highest BCUT2D eigenvalue weighted by Gasteiger charge is 2.32. The minimum atomic E-state index is -2.84. The monoisotopic (exact) mass is 269 g/mol. The van der Waals surface area contributed by atoms with Crippen LogP contribution in [-0.4, -0.2) is 36.2 Å². The molecule has 1 saturated heterocycles. The van der Waals surface area contributed by atoms with Gasteiger partial charge in [0.25, 0.3) is 0 Å². The van der Waals surface area contributed by atoms with Crippen LogP contribution >= 0.6 is 0 Å². The molecule has 6 heteroatoms. The molecule has 1 aromatic rings. The minimum Gasteiger partial charge on any atom is -0.312 e. The minimum absolute atomic E-state index is 0.0575. The van der Waals surface area contributed by atoms with Crippen LogP contribution in [0, 0.1) is 0 Å². The van der Waals surface area contributed by atoms with Crippen LogP contribution in [0.25, 0.3) is 0 Å². The summed E-state index contributed by atoms with van der Waals surface area (Å²) >= 11 is 0. The van der Waals surface area contributed by atoms with Gasteiger partial charge in [0.15, 0.2) is 9.84 Å². The van der Waals surface area contributed by atoms with E-state index in [0.717, 1.165) is 31.6 Å². The van der Waals surface area contributed by atoms with Gasteiger partial charge in [0.2, 0.25) is 0 Å². The highest BCUT2D eigenvalue weighted by Crippen LogP contribution is 2.28. The fourth-order valence-electron chi connectivity index (χ4n) is 3.00. The molecule has 0 saturated carbocycles. The van der Waals surface area contributed by atoms with Gasteiger partial charge in [-0.3, -0.25) is 4.68 Å². The molecule has 0 aromatic carbocycles. The topological polar surface area (TPSA) is 64.0 Å². The molecule has 5 nitrogen and oxygen atoms in total. The molecule has 0 radical (unpaired) electrons. The first-order valence-corrected chi connectivity index (χ1v) is 8.43. The average molecular weight is 269 g/mol. The van der Waals surface area contributed by atoms with Crippen LogP contribution in [0.15, 0.2) is 0 Å². The van der Waals surface area contributed by atoms with Crippen LogP contribution < -0.4 is 5.32 Å². The fraction of sp³-hybridized carbons (Fsp3) is 0.750. The number of rotatable bonds is 2. The SMILES string of the molecule is CCc1nn(C2CCS(=O)(=O)C2)c2c1CNCC2. The number of fused-ring (bicyclic) bond motifs is 1. The van der Waals surface area contributed by atoms with E-state index in [1.54, 1.807) is 0 Å². The van der Waals surface area contributed by atoms with Crippen LogP contribution in [0.3, 0.4) is 0 Å². The maximum Gasteiger partial charge on any atom is 0.152 e. The van der Waals surface area contributed by atoms with Crippen molar-refractivity contribution in [3.05, 3.63) is 17.0 Å². The summed E-state index contributed by atoms with van der Waals surface area (Å²) in [5, 5.41) is 8.03. The van der Waals surface area contributed by atoms with Gasteiger partial charge in [-0.15, -0.1) is 0 Å². The molecular weight excluding hydrogens is 250 g/mol. The number of aromatic nitrogens is 2. The maximum absolute atomic E-state index is 11.6. The van der Waals surface area contributed by atoms with E-state index in [0.29, 0.717) is 12.2 Å². The molecule has 1 N–H and O–H groups in total. The van der Waals surface area contributed by atoms with Crippen molar-refractivity contribution in [2.45, 2.75) is 38.8 Å². The standard InChI is InChI=1S/C12H19N3O2S/c1-2-11-10-7-13-5-3-12(10)15(14-11)9-4-6-18(16,17)8-9/h9,13H,2-8H2,1H3. The zero-order valence-electron chi connectivity index (χ0n) is 10.6. The molecule has 1 unspecified atom stereocenters. The summed E-state index contributed by atoms with van der Waals surface area (Å²) < 4.78 is 25.2. The van der Waals surface area contributed by atoms with E-state index in [4.69, 9.17) is 0 Å². The fourth-order valence-corrected chi connectivity index (χ4v) is 4.69. The van der Waals surface area contributed by atoms with E-state index in [9.17, 15) is 8.42 Å². The van der Waals surface area contributed by atoms with Crippen LogP contribution in [0.1, 0.15) is 36.3 Å². The largest absolute Gasteiger partial charge is 0.312 e. The molecule has 18 heavy (non-hydrogen) atoms. The van der Waals surface area contributed by atoms with Crippen LogP contribution in [0.4, 0.5) is 0 Å². The number of hydrogen-bond acceptors (Lipinski definition) is 4. The molecule has 1 aromatic heterocycles. The molecule has 0 bridgehead atoms. The number of nitrogens with zero attached hydrogens (tertiary/aromatic N) is 2. The lowest BCUT2D eigenvalue weighted by atomic mass is 10.1. The summed E-state index contributed by atoms with van der Waals surface area (Å²) in [4.78, 5) is 0. The quantitative estimate of drug-likeness (QED) is 0.847. The Labute approximate surface area is 107 Å². The predicted octanol–water partition coefficient (Wildman–Crippen LogP) is 0.451. The van der Waals surface area contributed by atoms with Crippen LogP contribution in [0.2, 0.25) is 0 Å². The third-order valence-electron chi connectivity index (χ3n) is 3.93. The Kier molecular flexibility index (Phi) is 2.94. The smallest absolute Gasteiger partial charge is 0.152 e. The summed E-state index contributed by atoms with van der Waals surface area (Å²) in [5.74, 6) is 0.573. The van der Waals surface area contributed by atoms with Crippen molar-refractivity contribution in [2.75, 3.05) is 18.1 Å². The van der Waals surface area contributed by atoms with Gasteiger partial charge in [0.1, 0.15) is 0 Å². The van der Waals surface area contributed by atoms with Crippen molar-refractivity contribution in [1.82, 2.24) is 15.1 Å². The van der Waals surface area contributed by atoms with E-state index < -0.39 is 9.84 Å². The first kappa shape index (κ1) is 12.2. The number of aryl methyl sites for hydroxylation is 1. The molecule has 3 rings (SSSR count). The zero-order chi connectivity index (χ0) is 12.8. The van der Waals surface area contributed by atoms with Gasteiger partial charge in [-0.05, 0) is 12.8 Å². The summed E-state index contributed by atoms with van der Waals surface area (Å²) in [6.45, 7) is 3.94. The van der Waals surface area contributed by atoms with E-state index in [-0.39, 0.29) is 11.8 Å². The van der Waals surface area contributed by atoms with Gasteiger partial charge in [-0.25, -0.2) is 8.42 Å². The summed E-state index contributed by atoms with van der Waals surface area (Å²) in [6.07, 6.45) is 2.59. The lowest BCUT2D eigenvalue weighted by molar-refractivity contribution is 0.467. The van der Waals surface area contributed by atoms with Crippen molar-refractivity contribution >= 4 is 9.84 Å². The Bertz CT molecular complexity index is 562. The Morgan fingerprint density at radius 2 is 2.33 bits per heavy atom. The van der Waals surface area contributed by atoms with Gasteiger partial charge in [0, 0.05) is 30.8 Å². The summed E-state index contributed by atoms with van der Waals surface area (Å²) in [5.41, 5.74) is 3.68. The van der Waals surface area contributed by atoms with E-state index in [1.807, 2.05) is 4.68 Å². The highest BCUT2D eigenvalue weighted by molar-refractivity contribution is 7.91. The summed E-state index contributed by atoms with van der Waals surface area (Å²) in [7, 11) is -2.84. The van der Waals surface area contributed by atoms with Gasteiger partial charge in [-0.2, -0.15) is 5.10 Å². The van der Waals surface area contributed by atoms with Gasteiger partial charge < -0.3 is 5.32 Å². The molecule has 1 fully saturated rings. The molecule has 3 heterocycles. The molecule has 0 spiro atoms. The van der Waals surface area contributed by atoms with Crippen molar-refractivity contribution in [3.63, 3.8) is 0 Å². The second kappa shape index (κ2) is 4.35. The molecule has 0 aliphatic carbocycles. The molecule has 2 aliphatic rings. The molecular formula is C12H19N3O2S. The summed E-state index contributed by atoms with van der Waals surface area (Å²) in [6, 6.07) is 0.0575. The molecule has 1 atom stereocenters. The Hall–Kier alpha value is -0.880. The highest BCUT2D eigenvalue weighted by atomic mass is 32.2. The van der Waals surface area contributed by atoms with Crippen LogP contribution in [0.5, 0.6) is 0 Å². The second-order valence-corrected chi connectivity index (χ2v) is 7.38. The maximum atomic E-state index is 11.6. The number of nitrogens with one attached hydrogen (secondary N) is 1. The Morgan fingerprint density at radius 3 is 3.00 bits per heavy atom. The number of hydrogen-bond donors (Lipinski definition) is 1. The molecule has 100 valence electrons. The normalized spacial score (nSPS) is 26.2. The second-order valence-electron chi connectivity index (χ2n) is 5.15. The Balaban J connectivity index is 2.00. The number of sulfone groups is 1. The van der Waals surface area contributed by atoms with E-state index in [2.05, 4.69) is 17.3 Å². The lowest BCUT2D eigenvalue weighted by Crippen LogP contribution is -2.26. The van der Waals surface area contributed by atoms with Crippen molar-refractivity contribution < 1.29 is 8.42 Å². The lowest BCUT2D eigenvalue weighted by Gasteiger charge is -2.18.